The smallest absolute Gasteiger partial charge is 0.307 e. The summed E-state index contributed by atoms with van der Waals surface area (Å²) in [5.41, 5.74) is 6.15. The first-order valence-corrected chi connectivity index (χ1v) is 6.46. The number of carbonyl (C=O) groups is 3. The van der Waals surface area contributed by atoms with Crippen molar-refractivity contribution in [1.29, 1.82) is 0 Å². The first kappa shape index (κ1) is 16.6. The highest BCUT2D eigenvalue weighted by molar-refractivity contribution is 6.04. The van der Waals surface area contributed by atoms with Crippen molar-refractivity contribution in [1.82, 2.24) is 5.32 Å². The molecule has 0 aliphatic heterocycles. The molecule has 4 N–H and O–H groups in total. The summed E-state index contributed by atoms with van der Waals surface area (Å²) in [6, 6.07) is 5.87. The summed E-state index contributed by atoms with van der Waals surface area (Å²) in [4.78, 5) is 34.6. The molecule has 7 nitrogen and oxygen atoms in total. The maximum atomic E-state index is 12.0. The molecule has 0 unspecified atom stereocenters. The maximum Gasteiger partial charge on any atom is 0.307 e. The Balaban J connectivity index is 2.71. The third-order valence-electron chi connectivity index (χ3n) is 2.69. The number of carbonyl (C=O) groups excluding carboxylic acids is 3. The van der Waals surface area contributed by atoms with E-state index in [2.05, 4.69) is 15.4 Å². The summed E-state index contributed by atoms with van der Waals surface area (Å²) in [6.07, 6.45) is 0.0800. The summed E-state index contributed by atoms with van der Waals surface area (Å²) in [7, 11) is 1.28. The minimum Gasteiger partial charge on any atom is -0.469 e. The SMILES string of the molecule is COC(=O)CCNC(=O)c1ccccc1NC(=O)[C@H](C)N. The van der Waals surface area contributed by atoms with Gasteiger partial charge in [-0.2, -0.15) is 0 Å². The minimum atomic E-state index is -0.680. The molecule has 7 heteroatoms. The molecule has 0 aliphatic rings. The molecule has 1 rings (SSSR count). The van der Waals surface area contributed by atoms with E-state index in [9.17, 15) is 14.4 Å². The number of methoxy groups -OCH3 is 1. The van der Waals surface area contributed by atoms with Gasteiger partial charge in [0.15, 0.2) is 0 Å². The molecule has 0 saturated carbocycles. The van der Waals surface area contributed by atoms with Crippen LogP contribution in [0.3, 0.4) is 0 Å². The van der Waals surface area contributed by atoms with Gasteiger partial charge >= 0.3 is 5.97 Å². The molecule has 1 aromatic carbocycles. The van der Waals surface area contributed by atoms with E-state index in [-0.39, 0.29) is 24.8 Å². The van der Waals surface area contributed by atoms with Crippen molar-refractivity contribution in [2.75, 3.05) is 19.0 Å². The van der Waals surface area contributed by atoms with E-state index in [0.717, 1.165) is 0 Å². The number of rotatable bonds is 6. The lowest BCUT2D eigenvalue weighted by atomic mass is 10.1. The van der Waals surface area contributed by atoms with Crippen LogP contribution in [-0.2, 0) is 14.3 Å². The van der Waals surface area contributed by atoms with Crippen LogP contribution in [0.25, 0.3) is 0 Å². The van der Waals surface area contributed by atoms with E-state index < -0.39 is 12.0 Å². The number of amides is 2. The third-order valence-corrected chi connectivity index (χ3v) is 2.69. The van der Waals surface area contributed by atoms with E-state index >= 15 is 0 Å². The molecule has 1 aromatic rings. The number of anilines is 1. The Bertz CT molecular complexity index is 529. The molecular weight excluding hydrogens is 274 g/mol. The number of benzene rings is 1. The highest BCUT2D eigenvalue weighted by Crippen LogP contribution is 2.15. The van der Waals surface area contributed by atoms with Crippen LogP contribution in [0.1, 0.15) is 23.7 Å². The zero-order valence-electron chi connectivity index (χ0n) is 12.0. The van der Waals surface area contributed by atoms with Crippen LogP contribution in [-0.4, -0.2) is 37.5 Å². The predicted molar refractivity (Wildman–Crippen MR) is 77.7 cm³/mol. The second kappa shape index (κ2) is 8.01. The average Bonchev–Trinajstić information content (AvgIpc) is 2.47. The minimum absolute atomic E-state index is 0.0800. The van der Waals surface area contributed by atoms with Crippen LogP contribution in [0, 0.1) is 0 Å². The standard InChI is InChI=1S/C14H19N3O4/c1-9(15)13(19)17-11-6-4-3-5-10(11)14(20)16-8-7-12(18)21-2/h3-6,9H,7-8,15H2,1-2H3,(H,16,20)(H,17,19)/t9-/m0/s1. The molecule has 0 heterocycles. The Morgan fingerprint density at radius 1 is 1.29 bits per heavy atom. The molecule has 0 aliphatic carbocycles. The van der Waals surface area contributed by atoms with Crippen molar-refractivity contribution in [3.8, 4) is 0 Å². The zero-order valence-corrected chi connectivity index (χ0v) is 12.0. The lowest BCUT2D eigenvalue weighted by Crippen LogP contribution is -2.34. The highest BCUT2D eigenvalue weighted by Gasteiger charge is 2.14. The number of para-hydroxylation sites is 1. The summed E-state index contributed by atoms with van der Waals surface area (Å²) >= 11 is 0. The molecule has 0 fully saturated rings. The molecule has 2 amide bonds. The summed E-state index contributed by atoms with van der Waals surface area (Å²) in [6.45, 7) is 1.70. The van der Waals surface area contributed by atoms with Gasteiger partial charge in [0.05, 0.1) is 30.8 Å². The Morgan fingerprint density at radius 2 is 1.95 bits per heavy atom. The second-order valence-electron chi connectivity index (χ2n) is 4.41. The first-order valence-electron chi connectivity index (χ1n) is 6.46. The third kappa shape index (κ3) is 5.23. The summed E-state index contributed by atoms with van der Waals surface area (Å²) < 4.78 is 4.48. The fourth-order valence-corrected chi connectivity index (χ4v) is 1.51. The van der Waals surface area contributed by atoms with E-state index in [4.69, 9.17) is 5.73 Å². The number of ether oxygens (including phenoxy) is 1. The van der Waals surface area contributed by atoms with Gasteiger partial charge in [0, 0.05) is 6.54 Å². The van der Waals surface area contributed by atoms with Crippen molar-refractivity contribution in [3.63, 3.8) is 0 Å². The van der Waals surface area contributed by atoms with E-state index in [1.165, 1.54) is 7.11 Å². The fourth-order valence-electron chi connectivity index (χ4n) is 1.51. The molecule has 114 valence electrons. The Hall–Kier alpha value is -2.41. The molecule has 1 atom stereocenters. The average molecular weight is 293 g/mol. The van der Waals surface area contributed by atoms with Gasteiger partial charge in [0.1, 0.15) is 0 Å². The van der Waals surface area contributed by atoms with Crippen molar-refractivity contribution in [2.24, 2.45) is 5.73 Å². The van der Waals surface area contributed by atoms with Gasteiger partial charge in [-0.1, -0.05) is 12.1 Å². The number of nitrogens with two attached hydrogens (primary N) is 1. The van der Waals surface area contributed by atoms with Crippen LogP contribution in [0.15, 0.2) is 24.3 Å². The van der Waals surface area contributed by atoms with Gasteiger partial charge in [-0.15, -0.1) is 0 Å². The zero-order chi connectivity index (χ0) is 15.8. The largest absolute Gasteiger partial charge is 0.469 e. The predicted octanol–water partition coefficient (Wildman–Crippen LogP) is 0.265. The Morgan fingerprint density at radius 3 is 2.57 bits per heavy atom. The molecule has 21 heavy (non-hydrogen) atoms. The molecule has 0 saturated heterocycles. The highest BCUT2D eigenvalue weighted by atomic mass is 16.5. The summed E-state index contributed by atoms with van der Waals surface area (Å²) in [5.74, 6) is -1.18. The van der Waals surface area contributed by atoms with Gasteiger partial charge in [-0.3, -0.25) is 14.4 Å². The fraction of sp³-hybridized carbons (Fsp3) is 0.357. The van der Waals surface area contributed by atoms with Crippen LogP contribution in [0.2, 0.25) is 0 Å². The quantitative estimate of drug-likeness (QED) is 0.652. The Kier molecular flexibility index (Phi) is 6.35. The van der Waals surface area contributed by atoms with Gasteiger partial charge in [0.2, 0.25) is 5.91 Å². The lowest BCUT2D eigenvalue weighted by Gasteiger charge is -2.12. The van der Waals surface area contributed by atoms with Crippen LogP contribution in [0.4, 0.5) is 5.69 Å². The number of hydrogen-bond acceptors (Lipinski definition) is 5. The van der Waals surface area contributed by atoms with Crippen molar-refractivity contribution < 1.29 is 19.1 Å². The number of nitrogens with one attached hydrogen (secondary N) is 2. The first-order chi connectivity index (χ1) is 9.95. The van der Waals surface area contributed by atoms with Crippen LogP contribution < -0.4 is 16.4 Å². The topological polar surface area (TPSA) is 111 Å². The summed E-state index contributed by atoms with van der Waals surface area (Å²) in [5, 5.41) is 5.17. The van der Waals surface area contributed by atoms with Crippen molar-refractivity contribution in [2.45, 2.75) is 19.4 Å². The van der Waals surface area contributed by atoms with Crippen molar-refractivity contribution in [3.05, 3.63) is 29.8 Å². The monoisotopic (exact) mass is 293 g/mol. The van der Waals surface area contributed by atoms with E-state index in [0.29, 0.717) is 11.3 Å². The van der Waals surface area contributed by atoms with Gasteiger partial charge in [-0.05, 0) is 19.1 Å². The number of hydrogen-bond donors (Lipinski definition) is 3. The molecule has 0 spiro atoms. The van der Waals surface area contributed by atoms with Gasteiger partial charge in [0.25, 0.3) is 5.91 Å². The van der Waals surface area contributed by atoms with Crippen molar-refractivity contribution >= 4 is 23.5 Å². The lowest BCUT2D eigenvalue weighted by molar-refractivity contribution is -0.140. The van der Waals surface area contributed by atoms with Crippen LogP contribution in [0.5, 0.6) is 0 Å². The number of esters is 1. The van der Waals surface area contributed by atoms with Gasteiger partial charge < -0.3 is 21.1 Å². The normalized spacial score (nSPS) is 11.4. The molecular formula is C14H19N3O4. The van der Waals surface area contributed by atoms with E-state index in [1.54, 1.807) is 31.2 Å². The Labute approximate surface area is 122 Å². The molecule has 0 radical (unpaired) electrons. The van der Waals surface area contributed by atoms with Crippen LogP contribution >= 0.6 is 0 Å². The molecule has 0 aromatic heterocycles. The van der Waals surface area contributed by atoms with Gasteiger partial charge in [-0.25, -0.2) is 0 Å². The van der Waals surface area contributed by atoms with E-state index in [1.807, 2.05) is 0 Å². The second-order valence-corrected chi connectivity index (χ2v) is 4.41. The molecule has 0 bridgehead atoms. The maximum absolute atomic E-state index is 12.0.